The van der Waals surface area contributed by atoms with E-state index >= 15 is 0 Å². The topological polar surface area (TPSA) is 79.5 Å². The highest BCUT2D eigenvalue weighted by atomic mass is 16.5. The van der Waals surface area contributed by atoms with Gasteiger partial charge in [0.1, 0.15) is 5.75 Å². The number of nitrogens with zero attached hydrogens (tertiary/aromatic N) is 3. The van der Waals surface area contributed by atoms with Gasteiger partial charge < -0.3 is 14.5 Å². The van der Waals surface area contributed by atoms with Gasteiger partial charge in [0.2, 0.25) is 6.39 Å². The fourth-order valence-electron chi connectivity index (χ4n) is 2.90. The second kappa shape index (κ2) is 6.17. The summed E-state index contributed by atoms with van der Waals surface area (Å²) in [5.41, 5.74) is 1.33. The number of hydrogen-bond acceptors (Lipinski definition) is 5. The molecule has 1 aliphatic rings. The summed E-state index contributed by atoms with van der Waals surface area (Å²) in [6.07, 6.45) is 4.86. The molecule has 0 spiro atoms. The number of benzene rings is 1. The lowest BCUT2D eigenvalue weighted by molar-refractivity contribution is 0.0594. The van der Waals surface area contributed by atoms with Gasteiger partial charge in [-0.05, 0) is 43.4 Å². The molecule has 0 radical (unpaired) electrons. The van der Waals surface area contributed by atoms with Crippen LogP contribution in [0.25, 0.3) is 0 Å². The van der Waals surface area contributed by atoms with Crippen molar-refractivity contribution in [2.45, 2.75) is 38.6 Å². The van der Waals surface area contributed by atoms with E-state index < -0.39 is 0 Å². The van der Waals surface area contributed by atoms with E-state index in [1.165, 1.54) is 6.39 Å². The third-order valence-electron chi connectivity index (χ3n) is 4.14. The first-order valence-corrected chi connectivity index (χ1v) is 7.60. The summed E-state index contributed by atoms with van der Waals surface area (Å²) in [6.45, 7) is 2.64. The van der Waals surface area contributed by atoms with Gasteiger partial charge in [0.15, 0.2) is 5.82 Å². The Kier molecular flexibility index (Phi) is 4.09. The monoisotopic (exact) mass is 301 g/mol. The quantitative estimate of drug-likeness (QED) is 0.943. The SMILES string of the molecule is CCc1ccc(C(=O)N2CCCC[C@H]2c2ncon2)c(O)c1. The van der Waals surface area contributed by atoms with Gasteiger partial charge in [0, 0.05) is 6.54 Å². The van der Waals surface area contributed by atoms with Crippen LogP contribution in [0.3, 0.4) is 0 Å². The summed E-state index contributed by atoms with van der Waals surface area (Å²) in [5.74, 6) is 0.370. The van der Waals surface area contributed by atoms with Gasteiger partial charge >= 0.3 is 0 Å². The summed E-state index contributed by atoms with van der Waals surface area (Å²) in [4.78, 5) is 18.6. The van der Waals surface area contributed by atoms with E-state index in [2.05, 4.69) is 10.1 Å². The van der Waals surface area contributed by atoms with E-state index in [-0.39, 0.29) is 17.7 Å². The van der Waals surface area contributed by atoms with Crippen LogP contribution in [0, 0.1) is 0 Å². The summed E-state index contributed by atoms with van der Waals surface area (Å²) >= 11 is 0. The van der Waals surface area contributed by atoms with Crippen molar-refractivity contribution in [3.63, 3.8) is 0 Å². The number of rotatable bonds is 3. The molecule has 0 saturated carbocycles. The number of aromatic hydroxyl groups is 1. The average molecular weight is 301 g/mol. The first-order chi connectivity index (χ1) is 10.7. The van der Waals surface area contributed by atoms with Crippen LogP contribution in [0.5, 0.6) is 5.75 Å². The van der Waals surface area contributed by atoms with Crippen LogP contribution in [0.15, 0.2) is 29.1 Å². The van der Waals surface area contributed by atoms with Crippen LogP contribution < -0.4 is 0 Å². The average Bonchev–Trinajstić information content (AvgIpc) is 3.08. The van der Waals surface area contributed by atoms with Gasteiger partial charge in [0.25, 0.3) is 5.91 Å². The van der Waals surface area contributed by atoms with E-state index in [9.17, 15) is 9.90 Å². The molecule has 1 saturated heterocycles. The number of piperidine rings is 1. The molecule has 1 aromatic carbocycles. The minimum atomic E-state index is -0.190. The van der Waals surface area contributed by atoms with Crippen molar-refractivity contribution in [2.75, 3.05) is 6.54 Å². The maximum Gasteiger partial charge on any atom is 0.258 e. The molecule has 0 aliphatic carbocycles. The Hall–Kier alpha value is -2.37. The molecule has 2 heterocycles. The predicted molar refractivity (Wildman–Crippen MR) is 79.4 cm³/mol. The number of hydrogen-bond donors (Lipinski definition) is 1. The predicted octanol–water partition coefficient (Wildman–Crippen LogP) is 2.71. The molecule has 1 N–H and O–H groups in total. The van der Waals surface area contributed by atoms with Crippen molar-refractivity contribution in [1.82, 2.24) is 15.0 Å². The van der Waals surface area contributed by atoms with Gasteiger partial charge in [0.05, 0.1) is 11.6 Å². The van der Waals surface area contributed by atoms with Gasteiger partial charge in [-0.3, -0.25) is 4.79 Å². The van der Waals surface area contributed by atoms with Crippen LogP contribution in [0.1, 0.15) is 54.0 Å². The molecule has 1 amide bonds. The highest BCUT2D eigenvalue weighted by Gasteiger charge is 2.32. The number of aromatic nitrogens is 2. The number of phenols is 1. The van der Waals surface area contributed by atoms with Crippen molar-refractivity contribution in [2.24, 2.45) is 0 Å². The molecule has 0 bridgehead atoms. The number of aryl methyl sites for hydroxylation is 1. The summed E-state index contributed by atoms with van der Waals surface area (Å²) < 4.78 is 4.81. The molecule has 3 rings (SSSR count). The van der Waals surface area contributed by atoms with E-state index in [1.54, 1.807) is 17.0 Å². The Bertz CT molecular complexity index is 655. The van der Waals surface area contributed by atoms with E-state index in [1.807, 2.05) is 13.0 Å². The number of likely N-dealkylation sites (tertiary alicyclic amines) is 1. The third kappa shape index (κ3) is 2.68. The van der Waals surface area contributed by atoms with Gasteiger partial charge in [-0.2, -0.15) is 4.98 Å². The van der Waals surface area contributed by atoms with Crippen molar-refractivity contribution in [1.29, 1.82) is 0 Å². The van der Waals surface area contributed by atoms with Gasteiger partial charge in [-0.25, -0.2) is 0 Å². The molecular weight excluding hydrogens is 282 g/mol. The molecule has 1 aliphatic heterocycles. The van der Waals surface area contributed by atoms with Gasteiger partial charge in [-0.15, -0.1) is 0 Å². The summed E-state index contributed by atoms with van der Waals surface area (Å²) in [6, 6.07) is 5.03. The van der Waals surface area contributed by atoms with Crippen LogP contribution in [0.2, 0.25) is 0 Å². The minimum absolute atomic E-state index is 0.0294. The Balaban J connectivity index is 1.89. The molecule has 6 nitrogen and oxygen atoms in total. The van der Waals surface area contributed by atoms with E-state index in [0.717, 1.165) is 31.2 Å². The van der Waals surface area contributed by atoms with Crippen LogP contribution >= 0.6 is 0 Å². The summed E-state index contributed by atoms with van der Waals surface area (Å²) in [5, 5.41) is 14.0. The number of phenolic OH excluding ortho intramolecular Hbond substituents is 1. The second-order valence-electron chi connectivity index (χ2n) is 5.50. The normalized spacial score (nSPS) is 18.4. The Morgan fingerprint density at radius 3 is 3.00 bits per heavy atom. The van der Waals surface area contributed by atoms with Crippen molar-refractivity contribution in [3.8, 4) is 5.75 Å². The summed E-state index contributed by atoms with van der Waals surface area (Å²) in [7, 11) is 0. The Labute approximate surface area is 128 Å². The number of carbonyl (C=O) groups is 1. The van der Waals surface area contributed by atoms with Crippen LogP contribution in [0.4, 0.5) is 0 Å². The highest BCUT2D eigenvalue weighted by Crippen LogP contribution is 2.32. The first kappa shape index (κ1) is 14.6. The molecule has 1 aromatic heterocycles. The lowest BCUT2D eigenvalue weighted by Gasteiger charge is -2.34. The fourth-order valence-corrected chi connectivity index (χ4v) is 2.90. The molecule has 116 valence electrons. The van der Waals surface area contributed by atoms with Gasteiger partial charge in [-0.1, -0.05) is 18.1 Å². The van der Waals surface area contributed by atoms with Crippen molar-refractivity contribution >= 4 is 5.91 Å². The molecule has 1 atom stereocenters. The van der Waals surface area contributed by atoms with E-state index in [0.29, 0.717) is 17.9 Å². The zero-order valence-electron chi connectivity index (χ0n) is 12.5. The molecule has 2 aromatic rings. The largest absolute Gasteiger partial charge is 0.507 e. The standard InChI is InChI=1S/C16H19N3O3/c1-2-11-6-7-12(14(20)9-11)16(21)19-8-4-3-5-13(19)15-17-10-22-18-15/h6-7,9-10,13,20H,2-5,8H2,1H3/t13-/m0/s1. The number of amides is 1. The maximum absolute atomic E-state index is 12.8. The Morgan fingerprint density at radius 1 is 1.45 bits per heavy atom. The number of carbonyl (C=O) groups excluding carboxylic acids is 1. The first-order valence-electron chi connectivity index (χ1n) is 7.60. The lowest BCUT2D eigenvalue weighted by Crippen LogP contribution is -2.39. The van der Waals surface area contributed by atoms with E-state index in [4.69, 9.17) is 4.52 Å². The van der Waals surface area contributed by atoms with Crippen molar-refractivity contribution in [3.05, 3.63) is 41.5 Å². The zero-order valence-corrected chi connectivity index (χ0v) is 12.5. The zero-order chi connectivity index (χ0) is 15.5. The van der Waals surface area contributed by atoms with Crippen LogP contribution in [-0.2, 0) is 6.42 Å². The maximum atomic E-state index is 12.8. The van der Waals surface area contributed by atoms with Crippen LogP contribution in [-0.4, -0.2) is 32.6 Å². The molecule has 0 unspecified atom stereocenters. The Morgan fingerprint density at radius 2 is 2.32 bits per heavy atom. The third-order valence-corrected chi connectivity index (χ3v) is 4.14. The minimum Gasteiger partial charge on any atom is -0.507 e. The lowest BCUT2D eigenvalue weighted by atomic mass is 9.99. The molecule has 6 heteroatoms. The second-order valence-corrected chi connectivity index (χ2v) is 5.50. The highest BCUT2D eigenvalue weighted by molar-refractivity contribution is 5.97. The fraction of sp³-hybridized carbons (Fsp3) is 0.438. The molecular formula is C16H19N3O3. The molecule has 1 fully saturated rings. The van der Waals surface area contributed by atoms with Crippen molar-refractivity contribution < 1.29 is 14.4 Å². The molecule has 22 heavy (non-hydrogen) atoms. The smallest absolute Gasteiger partial charge is 0.258 e.